The van der Waals surface area contributed by atoms with Crippen LogP contribution in [0.3, 0.4) is 0 Å². The number of aliphatic hydroxyl groups excluding tert-OH is 2. The Balaban J connectivity index is 3.90. The van der Waals surface area contributed by atoms with Gasteiger partial charge in [-0.25, -0.2) is 0 Å². The molecule has 0 rings (SSSR count). The lowest BCUT2D eigenvalue weighted by Crippen LogP contribution is -2.15. The minimum Gasteiger partial charge on any atom is -0.512 e. The third-order valence-corrected chi connectivity index (χ3v) is 1.05. The molecular weight excluding hydrogens is 146 g/mol. The van der Waals surface area contributed by atoms with Gasteiger partial charge in [0.05, 0.1) is 6.10 Å². The van der Waals surface area contributed by atoms with Crippen LogP contribution in [-0.4, -0.2) is 29.3 Å². The van der Waals surface area contributed by atoms with Crippen molar-refractivity contribution < 1.29 is 15.0 Å². The second kappa shape index (κ2) is 4.73. The molecule has 0 aromatic carbocycles. The van der Waals surface area contributed by atoms with E-state index in [4.69, 9.17) is 10.2 Å². The van der Waals surface area contributed by atoms with Crippen LogP contribution < -0.4 is 5.32 Å². The van der Waals surface area contributed by atoms with E-state index in [1.54, 1.807) is 0 Å². The molecule has 1 atom stereocenters. The van der Waals surface area contributed by atoms with Crippen LogP contribution in [0.15, 0.2) is 11.8 Å². The molecule has 1 amide bonds. The lowest BCUT2D eigenvalue weighted by atomic mass is 10.2. The molecule has 4 heteroatoms. The lowest BCUT2D eigenvalue weighted by molar-refractivity contribution is -0.116. The molecule has 3 N–H and O–H groups in total. The van der Waals surface area contributed by atoms with Crippen LogP contribution in [0.1, 0.15) is 13.3 Å². The monoisotopic (exact) mass is 159 g/mol. The van der Waals surface area contributed by atoms with Gasteiger partial charge in [-0.1, -0.05) is 0 Å². The fraction of sp³-hybridized carbons (Fsp3) is 0.571. The molecule has 0 aliphatic heterocycles. The van der Waals surface area contributed by atoms with Crippen LogP contribution in [0.25, 0.3) is 0 Å². The maximum atomic E-state index is 10.6. The summed E-state index contributed by atoms with van der Waals surface area (Å²) in [5.74, 6) is -0.484. The summed E-state index contributed by atoms with van der Waals surface area (Å²) >= 11 is 0. The zero-order valence-electron chi connectivity index (χ0n) is 6.66. The number of hydrogen-bond acceptors (Lipinski definition) is 3. The Morgan fingerprint density at radius 2 is 2.27 bits per heavy atom. The predicted molar refractivity (Wildman–Crippen MR) is 41.1 cm³/mol. The second-order valence-corrected chi connectivity index (χ2v) is 2.30. The molecular formula is C7H13NO3. The van der Waals surface area contributed by atoms with Crippen molar-refractivity contribution in [3.05, 3.63) is 11.8 Å². The summed E-state index contributed by atoms with van der Waals surface area (Å²) in [6.45, 7) is 1.54. The maximum Gasteiger partial charge on any atom is 0.247 e. The Morgan fingerprint density at radius 3 is 2.64 bits per heavy atom. The molecule has 0 aliphatic rings. The van der Waals surface area contributed by atoms with Crippen molar-refractivity contribution in [2.75, 3.05) is 7.05 Å². The molecule has 0 aliphatic carbocycles. The van der Waals surface area contributed by atoms with E-state index in [0.29, 0.717) is 0 Å². The first-order valence-electron chi connectivity index (χ1n) is 3.35. The maximum absolute atomic E-state index is 10.6. The van der Waals surface area contributed by atoms with Crippen LogP contribution in [0.5, 0.6) is 0 Å². The van der Waals surface area contributed by atoms with Crippen LogP contribution in [0.2, 0.25) is 0 Å². The fourth-order valence-electron chi connectivity index (χ4n) is 0.585. The molecule has 0 aromatic rings. The fourth-order valence-corrected chi connectivity index (χ4v) is 0.585. The number of carbonyl (C=O) groups is 1. The Labute approximate surface area is 65.5 Å². The Hall–Kier alpha value is -1.03. The highest BCUT2D eigenvalue weighted by molar-refractivity contribution is 5.87. The van der Waals surface area contributed by atoms with E-state index in [0.717, 1.165) is 6.08 Å². The Kier molecular flexibility index (Phi) is 4.29. The van der Waals surface area contributed by atoms with E-state index in [9.17, 15) is 4.79 Å². The summed E-state index contributed by atoms with van der Waals surface area (Å²) in [5, 5.41) is 20.0. The number of likely N-dealkylation sites (N-methyl/N-ethyl adjacent to an activating group) is 1. The smallest absolute Gasteiger partial charge is 0.247 e. The van der Waals surface area contributed by atoms with Gasteiger partial charge in [-0.3, -0.25) is 4.79 Å². The van der Waals surface area contributed by atoms with Gasteiger partial charge in [0.15, 0.2) is 0 Å². The van der Waals surface area contributed by atoms with Crippen molar-refractivity contribution in [1.29, 1.82) is 0 Å². The molecule has 11 heavy (non-hydrogen) atoms. The molecule has 0 aromatic heterocycles. The molecule has 4 nitrogen and oxygen atoms in total. The standard InChI is InChI=1S/C7H13NO3/c1-5(9)3-6(10)4-7(11)8-2/h4-5,9-10H,3H2,1-2H3,(H,8,11)/b6-4+. The van der Waals surface area contributed by atoms with Gasteiger partial charge in [-0.05, 0) is 6.92 Å². The molecule has 0 saturated heterocycles. The van der Waals surface area contributed by atoms with Gasteiger partial charge >= 0.3 is 0 Å². The van der Waals surface area contributed by atoms with Gasteiger partial charge in [0.1, 0.15) is 5.76 Å². The van der Waals surface area contributed by atoms with E-state index in [2.05, 4.69) is 5.32 Å². The number of aliphatic hydroxyl groups is 2. The first kappa shape index (κ1) is 9.97. The summed E-state index contributed by atoms with van der Waals surface area (Å²) in [6, 6.07) is 0. The van der Waals surface area contributed by atoms with Crippen molar-refractivity contribution in [3.63, 3.8) is 0 Å². The van der Waals surface area contributed by atoms with E-state index in [1.807, 2.05) is 0 Å². The van der Waals surface area contributed by atoms with Crippen LogP contribution in [-0.2, 0) is 4.79 Å². The quantitative estimate of drug-likeness (QED) is 0.399. The lowest BCUT2D eigenvalue weighted by Gasteiger charge is -2.01. The highest BCUT2D eigenvalue weighted by Gasteiger charge is 2.01. The number of hydrogen-bond donors (Lipinski definition) is 3. The molecule has 0 saturated carbocycles. The first-order valence-corrected chi connectivity index (χ1v) is 3.35. The molecule has 64 valence electrons. The normalized spacial score (nSPS) is 14.3. The molecule has 0 fully saturated rings. The molecule has 0 spiro atoms. The van der Waals surface area contributed by atoms with Crippen molar-refractivity contribution in [2.24, 2.45) is 0 Å². The van der Waals surface area contributed by atoms with Gasteiger partial charge in [0.2, 0.25) is 5.91 Å². The first-order chi connectivity index (χ1) is 5.06. The average molecular weight is 159 g/mol. The number of carbonyl (C=O) groups excluding carboxylic acids is 1. The summed E-state index contributed by atoms with van der Waals surface area (Å²) < 4.78 is 0. The van der Waals surface area contributed by atoms with Gasteiger partial charge in [0, 0.05) is 19.5 Å². The van der Waals surface area contributed by atoms with Crippen LogP contribution >= 0.6 is 0 Å². The molecule has 0 radical (unpaired) electrons. The molecule has 0 heterocycles. The van der Waals surface area contributed by atoms with Gasteiger partial charge < -0.3 is 15.5 Å². The summed E-state index contributed by atoms with van der Waals surface area (Å²) in [7, 11) is 1.47. The SMILES string of the molecule is CNC(=O)/C=C(/O)CC(C)O. The molecule has 1 unspecified atom stereocenters. The summed E-state index contributed by atoms with van der Waals surface area (Å²) in [6.07, 6.45) is 0.524. The summed E-state index contributed by atoms with van der Waals surface area (Å²) in [4.78, 5) is 10.6. The Bertz CT molecular complexity index is 163. The minimum absolute atomic E-state index is 0.105. The third kappa shape index (κ3) is 5.42. The van der Waals surface area contributed by atoms with Gasteiger partial charge in [-0.15, -0.1) is 0 Å². The van der Waals surface area contributed by atoms with E-state index < -0.39 is 6.10 Å². The zero-order valence-corrected chi connectivity index (χ0v) is 6.66. The van der Waals surface area contributed by atoms with E-state index in [1.165, 1.54) is 14.0 Å². The van der Waals surface area contributed by atoms with Gasteiger partial charge in [0.25, 0.3) is 0 Å². The van der Waals surface area contributed by atoms with Gasteiger partial charge in [-0.2, -0.15) is 0 Å². The van der Waals surface area contributed by atoms with Crippen molar-refractivity contribution in [3.8, 4) is 0 Å². The second-order valence-electron chi connectivity index (χ2n) is 2.30. The summed E-state index contributed by atoms with van der Waals surface area (Å²) in [5.41, 5.74) is 0. The van der Waals surface area contributed by atoms with Crippen molar-refractivity contribution in [1.82, 2.24) is 5.32 Å². The van der Waals surface area contributed by atoms with E-state index >= 15 is 0 Å². The minimum atomic E-state index is -0.629. The zero-order chi connectivity index (χ0) is 8.85. The van der Waals surface area contributed by atoms with Crippen molar-refractivity contribution in [2.45, 2.75) is 19.4 Å². The van der Waals surface area contributed by atoms with Crippen LogP contribution in [0, 0.1) is 0 Å². The largest absolute Gasteiger partial charge is 0.512 e. The highest BCUT2D eigenvalue weighted by Crippen LogP contribution is 1.99. The topological polar surface area (TPSA) is 69.6 Å². The molecule has 0 bridgehead atoms. The number of nitrogens with one attached hydrogen (secondary N) is 1. The van der Waals surface area contributed by atoms with Crippen LogP contribution in [0.4, 0.5) is 0 Å². The third-order valence-electron chi connectivity index (χ3n) is 1.05. The number of amides is 1. The van der Waals surface area contributed by atoms with Crippen molar-refractivity contribution >= 4 is 5.91 Å². The Morgan fingerprint density at radius 1 is 1.73 bits per heavy atom. The number of rotatable bonds is 3. The van der Waals surface area contributed by atoms with E-state index in [-0.39, 0.29) is 18.1 Å². The average Bonchev–Trinajstić information content (AvgIpc) is 1.85. The predicted octanol–water partition coefficient (Wildman–Crippen LogP) is -0.0548. The highest BCUT2D eigenvalue weighted by atomic mass is 16.3.